The second-order valence-corrected chi connectivity index (χ2v) is 10.4. The quantitative estimate of drug-likeness (QED) is 0.150. The van der Waals surface area contributed by atoms with E-state index < -0.39 is 13.4 Å². The van der Waals surface area contributed by atoms with Gasteiger partial charge >= 0.3 is 13.4 Å². The number of benzene rings is 1. The summed E-state index contributed by atoms with van der Waals surface area (Å²) in [5.41, 5.74) is 0. The topological polar surface area (TPSA) is 121 Å². The molecule has 1 aromatic carbocycles. The van der Waals surface area contributed by atoms with Gasteiger partial charge in [-0.1, -0.05) is 46.5 Å². The van der Waals surface area contributed by atoms with Gasteiger partial charge < -0.3 is 43.2 Å². The Kier molecular flexibility index (Phi) is 39.3. The van der Waals surface area contributed by atoms with Crippen molar-refractivity contribution < 1.29 is 48.8 Å². The Bertz CT molecular complexity index is 400. The third-order valence-corrected chi connectivity index (χ3v) is 1.71. The van der Waals surface area contributed by atoms with Crippen molar-refractivity contribution in [3.63, 3.8) is 0 Å². The van der Waals surface area contributed by atoms with Crippen molar-refractivity contribution in [2.24, 2.45) is 5.92 Å². The molecule has 0 heterocycles. The summed E-state index contributed by atoms with van der Waals surface area (Å²) in [7, 11) is 0. The normalized spacial score (nSPS) is 9.57. The molecule has 1 aromatic rings. The number of unbranched alkanes of at least 4 members (excludes halogenated alkanes) is 4. The summed E-state index contributed by atoms with van der Waals surface area (Å²) in [6, 6.07) is 12.5. The van der Waals surface area contributed by atoms with E-state index in [1.165, 1.54) is 25.7 Å². The van der Waals surface area contributed by atoms with E-state index in [-0.39, 0.29) is 19.5 Å². The molecular weight excluding hydrogens is 492 g/mol. The third kappa shape index (κ3) is 152. The summed E-state index contributed by atoms with van der Waals surface area (Å²) in [4.78, 5) is 45.3. The van der Waals surface area contributed by atoms with Gasteiger partial charge in [-0.2, -0.15) is 48.7 Å². The molecule has 6 N–H and O–H groups in total. The van der Waals surface area contributed by atoms with Gasteiger partial charge in [-0.25, -0.2) is 0 Å². The maximum absolute atomic E-state index is 7.56. The minimum absolute atomic E-state index is 0. The van der Waals surface area contributed by atoms with Crippen LogP contribution in [-0.4, -0.2) is 29.4 Å². The number of rotatable bonds is 4. The number of hydrogen-bond donors (Lipinski definition) is 6. The minimum atomic E-state index is -3.81. The van der Waals surface area contributed by atoms with Crippen LogP contribution in [0.1, 0.15) is 52.9 Å². The van der Waals surface area contributed by atoms with E-state index in [1.807, 2.05) is 30.3 Å². The Morgan fingerprint density at radius 1 is 0.857 bits per heavy atom. The van der Waals surface area contributed by atoms with Crippen LogP contribution >= 0.6 is 13.4 Å². The van der Waals surface area contributed by atoms with Gasteiger partial charge in [0, 0.05) is 19.5 Å². The van der Waals surface area contributed by atoms with Gasteiger partial charge in [0.05, 0.1) is 0 Å². The van der Waals surface area contributed by atoms with Crippen molar-refractivity contribution >= 4 is 37.1 Å². The zero-order valence-electron chi connectivity index (χ0n) is 17.0. The molecule has 0 saturated carbocycles. The van der Waals surface area contributed by atoms with Crippen molar-refractivity contribution in [3.05, 3.63) is 50.2 Å². The first-order chi connectivity index (χ1) is 12.1. The van der Waals surface area contributed by atoms with E-state index in [9.17, 15) is 0 Å². The van der Waals surface area contributed by atoms with Gasteiger partial charge in [0.2, 0.25) is 0 Å². The minimum Gasteiger partial charge on any atom is -0.343 e. The maximum atomic E-state index is 7.56. The Morgan fingerprint density at radius 2 is 1.18 bits per heavy atom. The van der Waals surface area contributed by atoms with Crippen LogP contribution in [0.5, 0.6) is 0 Å². The SMILES string of the molecule is OP(O)(O)=S.OP(O)(O)=S.[CH2-]C(C)C.[CH2-]CCCCCC.[Zn].[c-]1ccccc1. The van der Waals surface area contributed by atoms with E-state index in [2.05, 4.69) is 64.3 Å². The Labute approximate surface area is 194 Å². The molecule has 1 rings (SSSR count). The molecule has 0 fully saturated rings. The molecular formula is C17H35O6P2S2Zn-3. The first kappa shape index (κ1) is 39.4. The van der Waals surface area contributed by atoms with Crippen molar-refractivity contribution in [1.82, 2.24) is 0 Å². The average molecular weight is 527 g/mol. The maximum Gasteiger partial charge on any atom is 0.319 e. The molecule has 0 atom stereocenters. The fraction of sp³-hybridized carbons (Fsp3) is 0.529. The summed E-state index contributed by atoms with van der Waals surface area (Å²) in [6.45, 7) is 6.12. The van der Waals surface area contributed by atoms with E-state index >= 15 is 0 Å². The zero-order chi connectivity index (χ0) is 22.4. The number of hydrogen-bond acceptors (Lipinski definition) is 2. The van der Waals surface area contributed by atoms with Gasteiger partial charge in [0.1, 0.15) is 0 Å². The fourth-order valence-electron chi connectivity index (χ4n) is 0.945. The predicted octanol–water partition coefficient (Wildman–Crippen LogP) is 4.13. The first-order valence-corrected chi connectivity index (χ1v) is 13.6. The molecule has 28 heavy (non-hydrogen) atoms. The van der Waals surface area contributed by atoms with E-state index in [1.54, 1.807) is 0 Å². The average Bonchev–Trinajstić information content (AvgIpc) is 2.46. The largest absolute Gasteiger partial charge is 0.343 e. The molecule has 0 amide bonds. The molecule has 0 aliphatic heterocycles. The molecule has 0 bridgehead atoms. The Balaban J connectivity index is -0.0000000791. The van der Waals surface area contributed by atoms with Gasteiger partial charge in [-0.15, -0.1) is 0 Å². The monoisotopic (exact) mass is 525 g/mol. The molecule has 0 aliphatic rings. The standard InChI is InChI=1S/C7H15.C6H5.C4H9.2H3O3PS.Zn/c1-3-5-7-6-4-2;1-2-4-6-5-3-1;1-4(2)3;2*1-4(2,3)5;/h1,3-7H2,2H3;1-5H;4H,1H2,2-3H3;2*(H3,1,2,3,5);/q3*-1;;;. The summed E-state index contributed by atoms with van der Waals surface area (Å²) >= 11 is 7.21. The predicted molar refractivity (Wildman–Crippen MR) is 121 cm³/mol. The fourth-order valence-corrected chi connectivity index (χ4v) is 0.945. The van der Waals surface area contributed by atoms with Crippen molar-refractivity contribution in [2.45, 2.75) is 52.9 Å². The van der Waals surface area contributed by atoms with E-state index in [4.69, 9.17) is 29.4 Å². The van der Waals surface area contributed by atoms with Gasteiger partial charge in [-0.3, -0.25) is 0 Å². The summed E-state index contributed by atoms with van der Waals surface area (Å²) in [5, 5.41) is 0. The van der Waals surface area contributed by atoms with E-state index in [0.29, 0.717) is 5.92 Å². The van der Waals surface area contributed by atoms with Gasteiger partial charge in [-0.05, 0) is 23.6 Å². The molecule has 11 heteroatoms. The third-order valence-electron chi connectivity index (χ3n) is 1.71. The van der Waals surface area contributed by atoms with Crippen LogP contribution in [0, 0.1) is 25.8 Å². The smallest absolute Gasteiger partial charge is 0.319 e. The van der Waals surface area contributed by atoms with Gasteiger partial charge in [0.15, 0.2) is 0 Å². The second kappa shape index (κ2) is 27.9. The van der Waals surface area contributed by atoms with Crippen LogP contribution in [0.3, 0.4) is 0 Å². The molecule has 0 spiro atoms. The summed E-state index contributed by atoms with van der Waals surface area (Å²) in [6.07, 6.45) is 6.52. The second-order valence-electron chi connectivity index (χ2n) is 5.41. The van der Waals surface area contributed by atoms with Crippen LogP contribution < -0.4 is 0 Å². The molecule has 6 nitrogen and oxygen atoms in total. The van der Waals surface area contributed by atoms with Crippen LogP contribution in [0.4, 0.5) is 0 Å². The van der Waals surface area contributed by atoms with Crippen LogP contribution in [-0.2, 0) is 43.1 Å². The van der Waals surface area contributed by atoms with Crippen LogP contribution in [0.25, 0.3) is 0 Å². The molecule has 0 aromatic heterocycles. The summed E-state index contributed by atoms with van der Waals surface area (Å²) < 4.78 is 0. The molecule has 0 saturated heterocycles. The van der Waals surface area contributed by atoms with Crippen molar-refractivity contribution in [3.8, 4) is 0 Å². The van der Waals surface area contributed by atoms with E-state index in [0.717, 1.165) is 6.42 Å². The van der Waals surface area contributed by atoms with Crippen molar-refractivity contribution in [2.75, 3.05) is 0 Å². The molecule has 0 unspecified atom stereocenters. The molecule has 166 valence electrons. The zero-order valence-corrected chi connectivity index (χ0v) is 23.4. The summed E-state index contributed by atoms with van der Waals surface area (Å²) in [5.74, 6) is 0.583. The molecule has 0 aliphatic carbocycles. The molecule has 0 radical (unpaired) electrons. The van der Waals surface area contributed by atoms with Crippen LogP contribution in [0.15, 0.2) is 30.3 Å². The Hall–Kier alpha value is 0.903. The van der Waals surface area contributed by atoms with Crippen LogP contribution in [0.2, 0.25) is 0 Å². The first-order valence-electron chi connectivity index (χ1n) is 8.25. The van der Waals surface area contributed by atoms with Gasteiger partial charge in [0.25, 0.3) is 0 Å². The Morgan fingerprint density at radius 3 is 1.32 bits per heavy atom. The van der Waals surface area contributed by atoms with Crippen molar-refractivity contribution in [1.29, 1.82) is 0 Å².